The second-order valence-electron chi connectivity index (χ2n) is 3.57. The van der Waals surface area contributed by atoms with E-state index in [-0.39, 0.29) is 18.0 Å². The van der Waals surface area contributed by atoms with Crippen molar-refractivity contribution < 1.29 is 18.7 Å². The molecule has 4 nitrogen and oxygen atoms in total. The Bertz CT molecular complexity index is 522. The van der Waals surface area contributed by atoms with Gasteiger partial charge in [0.25, 0.3) is 0 Å². The van der Waals surface area contributed by atoms with Crippen molar-refractivity contribution in [2.75, 3.05) is 13.7 Å². The van der Waals surface area contributed by atoms with Gasteiger partial charge in [-0.05, 0) is 29.3 Å². The van der Waals surface area contributed by atoms with Crippen LogP contribution in [0.5, 0.6) is 0 Å². The Hall–Kier alpha value is -2.17. The highest BCUT2D eigenvalue weighted by atomic mass is 19.1. The SMILES string of the molecule is COC(=O)c1ccc(F)cc1C1=CC(=O)NC1. The van der Waals surface area contributed by atoms with E-state index in [4.69, 9.17) is 0 Å². The first-order valence-corrected chi connectivity index (χ1v) is 4.98. The second kappa shape index (κ2) is 4.37. The molecule has 1 amide bonds. The van der Waals surface area contributed by atoms with Gasteiger partial charge in [0.15, 0.2) is 0 Å². The zero-order valence-corrected chi connectivity index (χ0v) is 9.12. The standard InChI is InChI=1S/C12H10FNO3/c1-17-12(16)9-3-2-8(13)5-10(9)7-4-11(15)14-6-7/h2-5H,6H2,1H3,(H,14,15). The first-order chi connectivity index (χ1) is 8.11. The van der Waals surface area contributed by atoms with Crippen LogP contribution < -0.4 is 5.32 Å². The number of ether oxygens (including phenoxy) is 1. The second-order valence-corrected chi connectivity index (χ2v) is 3.57. The zero-order valence-electron chi connectivity index (χ0n) is 9.12. The molecule has 17 heavy (non-hydrogen) atoms. The third-order valence-electron chi connectivity index (χ3n) is 2.49. The van der Waals surface area contributed by atoms with Crippen molar-refractivity contribution in [3.8, 4) is 0 Å². The number of carbonyl (C=O) groups excluding carboxylic acids is 2. The molecule has 1 N–H and O–H groups in total. The summed E-state index contributed by atoms with van der Waals surface area (Å²) in [7, 11) is 1.25. The molecule has 2 rings (SSSR count). The summed E-state index contributed by atoms with van der Waals surface area (Å²) in [6.07, 6.45) is 1.35. The van der Waals surface area contributed by atoms with Gasteiger partial charge in [0.05, 0.1) is 12.7 Å². The molecule has 1 aliphatic heterocycles. The molecule has 0 spiro atoms. The number of rotatable bonds is 2. The highest BCUT2D eigenvalue weighted by molar-refractivity contribution is 6.04. The van der Waals surface area contributed by atoms with E-state index >= 15 is 0 Å². The van der Waals surface area contributed by atoms with Crippen LogP contribution in [0.3, 0.4) is 0 Å². The summed E-state index contributed by atoms with van der Waals surface area (Å²) in [5.74, 6) is -1.27. The van der Waals surface area contributed by atoms with Crippen molar-refractivity contribution in [3.63, 3.8) is 0 Å². The number of hydrogen-bond acceptors (Lipinski definition) is 3. The van der Waals surface area contributed by atoms with Crippen LogP contribution in [0.25, 0.3) is 5.57 Å². The van der Waals surface area contributed by atoms with Crippen molar-refractivity contribution in [1.82, 2.24) is 5.32 Å². The van der Waals surface area contributed by atoms with Crippen LogP contribution in [0.1, 0.15) is 15.9 Å². The summed E-state index contributed by atoms with van der Waals surface area (Å²) in [6, 6.07) is 3.75. The number of carbonyl (C=O) groups is 2. The Morgan fingerprint density at radius 1 is 1.47 bits per heavy atom. The lowest BCUT2D eigenvalue weighted by Crippen LogP contribution is -2.15. The fraction of sp³-hybridized carbons (Fsp3) is 0.167. The largest absolute Gasteiger partial charge is 0.465 e. The lowest BCUT2D eigenvalue weighted by molar-refractivity contribution is -0.115. The van der Waals surface area contributed by atoms with Crippen LogP contribution in [-0.2, 0) is 9.53 Å². The summed E-state index contributed by atoms with van der Waals surface area (Å²) in [5, 5.41) is 2.57. The van der Waals surface area contributed by atoms with Gasteiger partial charge in [-0.1, -0.05) is 0 Å². The molecule has 1 aromatic rings. The average molecular weight is 235 g/mol. The van der Waals surface area contributed by atoms with E-state index in [0.29, 0.717) is 11.1 Å². The van der Waals surface area contributed by atoms with E-state index in [1.54, 1.807) is 0 Å². The van der Waals surface area contributed by atoms with E-state index in [1.807, 2.05) is 0 Å². The maximum atomic E-state index is 13.2. The Morgan fingerprint density at radius 2 is 2.24 bits per heavy atom. The topological polar surface area (TPSA) is 55.4 Å². The van der Waals surface area contributed by atoms with Gasteiger partial charge in [-0.25, -0.2) is 9.18 Å². The maximum absolute atomic E-state index is 13.2. The van der Waals surface area contributed by atoms with E-state index in [0.717, 1.165) is 0 Å². The Kier molecular flexibility index (Phi) is 2.91. The lowest BCUT2D eigenvalue weighted by atomic mass is 10.00. The van der Waals surface area contributed by atoms with Gasteiger partial charge < -0.3 is 10.1 Å². The molecule has 0 bridgehead atoms. The van der Waals surface area contributed by atoms with E-state index in [9.17, 15) is 14.0 Å². The molecule has 1 heterocycles. The summed E-state index contributed by atoms with van der Waals surface area (Å²) in [5.41, 5.74) is 1.21. The summed E-state index contributed by atoms with van der Waals surface area (Å²) >= 11 is 0. The minimum absolute atomic E-state index is 0.247. The van der Waals surface area contributed by atoms with E-state index < -0.39 is 11.8 Å². The maximum Gasteiger partial charge on any atom is 0.338 e. The highest BCUT2D eigenvalue weighted by Crippen LogP contribution is 2.23. The van der Waals surface area contributed by atoms with Crippen LogP contribution in [0.2, 0.25) is 0 Å². The summed E-state index contributed by atoms with van der Waals surface area (Å²) in [4.78, 5) is 22.6. The Balaban J connectivity index is 2.51. The minimum atomic E-state index is -0.555. The molecule has 0 unspecified atom stereocenters. The van der Waals surface area contributed by atoms with Crippen molar-refractivity contribution in [2.45, 2.75) is 0 Å². The summed E-state index contributed by atoms with van der Waals surface area (Å²) < 4.78 is 17.8. The van der Waals surface area contributed by atoms with Gasteiger partial charge >= 0.3 is 5.97 Å². The Labute approximate surface area is 97.1 Å². The van der Waals surface area contributed by atoms with Gasteiger partial charge in [-0.2, -0.15) is 0 Å². The van der Waals surface area contributed by atoms with Gasteiger partial charge in [0.1, 0.15) is 5.82 Å². The third kappa shape index (κ3) is 2.18. The van der Waals surface area contributed by atoms with Crippen LogP contribution in [0.4, 0.5) is 4.39 Å². The zero-order chi connectivity index (χ0) is 12.4. The smallest absolute Gasteiger partial charge is 0.338 e. The molecular formula is C12H10FNO3. The first kappa shape index (κ1) is 11.3. The van der Waals surface area contributed by atoms with Gasteiger partial charge in [0, 0.05) is 12.6 Å². The number of methoxy groups -OCH3 is 1. The molecule has 0 saturated heterocycles. The number of amides is 1. The predicted molar refractivity (Wildman–Crippen MR) is 58.7 cm³/mol. The monoisotopic (exact) mass is 235 g/mol. The van der Waals surface area contributed by atoms with Crippen LogP contribution in [0, 0.1) is 5.82 Å². The molecule has 5 heteroatoms. The number of benzene rings is 1. The fourth-order valence-electron chi connectivity index (χ4n) is 1.69. The fourth-order valence-corrected chi connectivity index (χ4v) is 1.69. The molecule has 0 radical (unpaired) electrons. The number of halogens is 1. The van der Waals surface area contributed by atoms with Crippen LogP contribution in [0.15, 0.2) is 24.3 Å². The average Bonchev–Trinajstić information content (AvgIpc) is 2.75. The van der Waals surface area contributed by atoms with E-state index in [2.05, 4.69) is 10.1 Å². The molecule has 88 valence electrons. The van der Waals surface area contributed by atoms with Gasteiger partial charge in [-0.3, -0.25) is 4.79 Å². The van der Waals surface area contributed by atoms with Crippen LogP contribution >= 0.6 is 0 Å². The molecule has 1 aromatic carbocycles. The molecule has 0 atom stereocenters. The number of esters is 1. The number of hydrogen-bond donors (Lipinski definition) is 1. The van der Waals surface area contributed by atoms with Crippen LogP contribution in [-0.4, -0.2) is 25.5 Å². The van der Waals surface area contributed by atoms with Crippen molar-refractivity contribution >= 4 is 17.4 Å². The van der Waals surface area contributed by atoms with Crippen molar-refractivity contribution in [1.29, 1.82) is 0 Å². The summed E-state index contributed by atoms with van der Waals surface area (Å²) in [6.45, 7) is 0.284. The lowest BCUT2D eigenvalue weighted by Gasteiger charge is -2.08. The molecule has 0 fully saturated rings. The molecule has 1 aliphatic rings. The van der Waals surface area contributed by atoms with Gasteiger partial charge in [0.2, 0.25) is 5.91 Å². The Morgan fingerprint density at radius 3 is 2.82 bits per heavy atom. The normalized spacial score (nSPS) is 14.2. The van der Waals surface area contributed by atoms with Gasteiger partial charge in [-0.15, -0.1) is 0 Å². The first-order valence-electron chi connectivity index (χ1n) is 4.98. The minimum Gasteiger partial charge on any atom is -0.465 e. The molecular weight excluding hydrogens is 225 g/mol. The van der Waals surface area contributed by atoms with Crippen molar-refractivity contribution in [3.05, 3.63) is 41.2 Å². The molecule has 0 aliphatic carbocycles. The number of nitrogens with one attached hydrogen (secondary N) is 1. The third-order valence-corrected chi connectivity index (χ3v) is 2.49. The predicted octanol–water partition coefficient (Wildman–Crippen LogP) is 1.13. The van der Waals surface area contributed by atoms with E-state index in [1.165, 1.54) is 31.4 Å². The van der Waals surface area contributed by atoms with Crippen molar-refractivity contribution in [2.24, 2.45) is 0 Å². The quantitative estimate of drug-likeness (QED) is 0.782. The molecule has 0 aromatic heterocycles. The highest BCUT2D eigenvalue weighted by Gasteiger charge is 2.19. The molecule has 0 saturated carbocycles.